The van der Waals surface area contributed by atoms with Crippen molar-refractivity contribution >= 4 is 35.2 Å². The molecule has 0 heterocycles. The third-order valence-electron chi connectivity index (χ3n) is 4.24. The Bertz CT molecular complexity index is 618. The molecule has 0 spiro atoms. The topological polar surface area (TPSA) is 101 Å². The maximum atomic E-state index is 12.0. The van der Waals surface area contributed by atoms with E-state index in [0.29, 0.717) is 6.42 Å². The van der Waals surface area contributed by atoms with E-state index < -0.39 is 0 Å². The molecule has 1 aromatic rings. The van der Waals surface area contributed by atoms with E-state index in [4.69, 9.17) is 5.73 Å². The fourth-order valence-electron chi connectivity index (χ4n) is 2.92. The van der Waals surface area contributed by atoms with E-state index in [9.17, 15) is 14.4 Å². The summed E-state index contributed by atoms with van der Waals surface area (Å²) >= 11 is 1.27. The highest BCUT2D eigenvalue weighted by molar-refractivity contribution is 8.00. The number of nitrogens with two attached hydrogens (primary N) is 1. The highest BCUT2D eigenvalue weighted by Gasteiger charge is 2.26. The van der Waals surface area contributed by atoms with Crippen LogP contribution < -0.4 is 16.4 Å². The van der Waals surface area contributed by atoms with Gasteiger partial charge >= 0.3 is 0 Å². The van der Waals surface area contributed by atoms with Crippen LogP contribution >= 0.6 is 11.8 Å². The fourth-order valence-corrected chi connectivity index (χ4v) is 3.55. The molecule has 2 rings (SSSR count). The first-order valence-electron chi connectivity index (χ1n) is 8.47. The van der Waals surface area contributed by atoms with E-state index >= 15 is 0 Å². The first-order valence-corrected chi connectivity index (χ1v) is 9.62. The molecule has 1 aromatic carbocycles. The van der Waals surface area contributed by atoms with Crippen LogP contribution in [0.1, 0.15) is 31.2 Å². The summed E-state index contributed by atoms with van der Waals surface area (Å²) in [5.41, 5.74) is 7.23. The van der Waals surface area contributed by atoms with Gasteiger partial charge in [0, 0.05) is 17.6 Å². The summed E-state index contributed by atoms with van der Waals surface area (Å²) in [5.74, 6) is -0.237. The number of aryl methyl sites for hydroxylation is 1. The van der Waals surface area contributed by atoms with Gasteiger partial charge in [-0.1, -0.05) is 24.1 Å². The highest BCUT2D eigenvalue weighted by Crippen LogP contribution is 2.24. The predicted molar refractivity (Wildman–Crippen MR) is 100 cm³/mol. The number of anilines is 1. The first-order chi connectivity index (χ1) is 11.9. The third-order valence-corrected chi connectivity index (χ3v) is 5.18. The van der Waals surface area contributed by atoms with Crippen LogP contribution in [0, 0.1) is 12.8 Å². The van der Waals surface area contributed by atoms with Gasteiger partial charge in [-0.25, -0.2) is 0 Å². The Morgan fingerprint density at radius 1 is 1.12 bits per heavy atom. The lowest BCUT2D eigenvalue weighted by molar-refractivity contribution is -0.124. The summed E-state index contributed by atoms with van der Waals surface area (Å²) in [6, 6.07) is 7.56. The van der Waals surface area contributed by atoms with Gasteiger partial charge < -0.3 is 16.4 Å². The van der Waals surface area contributed by atoms with Crippen molar-refractivity contribution in [2.75, 3.05) is 16.8 Å². The van der Waals surface area contributed by atoms with Gasteiger partial charge in [-0.2, -0.15) is 0 Å². The van der Waals surface area contributed by atoms with Crippen molar-refractivity contribution in [2.45, 2.75) is 38.6 Å². The van der Waals surface area contributed by atoms with Gasteiger partial charge in [0.15, 0.2) is 0 Å². The fraction of sp³-hybridized carbons (Fsp3) is 0.500. The van der Waals surface area contributed by atoms with Crippen molar-refractivity contribution in [2.24, 2.45) is 11.7 Å². The quantitative estimate of drug-likeness (QED) is 0.688. The van der Waals surface area contributed by atoms with Crippen LogP contribution in [0.15, 0.2) is 24.3 Å². The van der Waals surface area contributed by atoms with Gasteiger partial charge in [-0.15, -0.1) is 11.8 Å². The molecule has 2 atom stereocenters. The summed E-state index contributed by atoms with van der Waals surface area (Å²) in [7, 11) is 0. The number of benzene rings is 1. The number of hydrogen-bond donors (Lipinski definition) is 3. The second-order valence-corrected chi connectivity index (χ2v) is 7.42. The number of thioether (sulfide) groups is 1. The lowest BCUT2D eigenvalue weighted by Crippen LogP contribution is -2.42. The molecule has 25 heavy (non-hydrogen) atoms. The Kier molecular flexibility index (Phi) is 7.31. The SMILES string of the molecule is Cc1ccc(NC(=O)CSCC(=O)NC2CCCC(C(N)=O)C2)cc1. The number of carbonyl (C=O) groups is 3. The summed E-state index contributed by atoms with van der Waals surface area (Å²) < 4.78 is 0. The van der Waals surface area contributed by atoms with Crippen LogP contribution in [0.2, 0.25) is 0 Å². The molecule has 0 aromatic heterocycles. The van der Waals surface area contributed by atoms with Gasteiger partial charge in [-0.05, 0) is 38.3 Å². The van der Waals surface area contributed by atoms with Crippen molar-refractivity contribution < 1.29 is 14.4 Å². The van der Waals surface area contributed by atoms with E-state index in [0.717, 1.165) is 30.5 Å². The van der Waals surface area contributed by atoms with Crippen molar-refractivity contribution in [3.8, 4) is 0 Å². The number of nitrogens with one attached hydrogen (secondary N) is 2. The second-order valence-electron chi connectivity index (χ2n) is 6.44. The normalized spacial score (nSPS) is 19.9. The van der Waals surface area contributed by atoms with E-state index in [1.54, 1.807) is 0 Å². The van der Waals surface area contributed by atoms with E-state index in [2.05, 4.69) is 10.6 Å². The average Bonchev–Trinajstić information content (AvgIpc) is 2.57. The zero-order chi connectivity index (χ0) is 18.2. The van der Waals surface area contributed by atoms with E-state index in [1.807, 2.05) is 31.2 Å². The Morgan fingerprint density at radius 2 is 1.80 bits per heavy atom. The lowest BCUT2D eigenvalue weighted by atomic mass is 9.85. The summed E-state index contributed by atoms with van der Waals surface area (Å²) in [4.78, 5) is 35.1. The Hall–Kier alpha value is -2.02. The summed E-state index contributed by atoms with van der Waals surface area (Å²) in [6.45, 7) is 1.98. The second kappa shape index (κ2) is 9.46. The maximum absolute atomic E-state index is 12.0. The van der Waals surface area contributed by atoms with Crippen molar-refractivity contribution in [3.63, 3.8) is 0 Å². The van der Waals surface area contributed by atoms with Crippen molar-refractivity contribution in [1.29, 1.82) is 0 Å². The molecule has 6 nitrogen and oxygen atoms in total. The van der Waals surface area contributed by atoms with Crippen LogP contribution in [0.5, 0.6) is 0 Å². The standard InChI is InChI=1S/C18H25N3O3S/c1-12-5-7-14(8-6-12)20-16(22)10-25-11-17(23)21-15-4-2-3-13(9-15)18(19)24/h5-8,13,15H,2-4,9-11H2,1H3,(H2,19,24)(H,20,22)(H,21,23). The molecule has 7 heteroatoms. The number of rotatable bonds is 7. The zero-order valence-electron chi connectivity index (χ0n) is 14.4. The molecule has 0 saturated heterocycles. The third kappa shape index (κ3) is 6.78. The molecule has 1 aliphatic carbocycles. The van der Waals surface area contributed by atoms with Gasteiger partial charge in [0.05, 0.1) is 11.5 Å². The average molecular weight is 363 g/mol. The van der Waals surface area contributed by atoms with Crippen molar-refractivity contribution in [3.05, 3.63) is 29.8 Å². The molecule has 0 radical (unpaired) electrons. The molecular weight excluding hydrogens is 338 g/mol. The minimum atomic E-state index is -0.291. The largest absolute Gasteiger partial charge is 0.369 e. The van der Waals surface area contributed by atoms with Gasteiger partial charge in [0.1, 0.15) is 0 Å². The maximum Gasteiger partial charge on any atom is 0.234 e. The van der Waals surface area contributed by atoms with Gasteiger partial charge in [0.25, 0.3) is 0 Å². The molecule has 1 saturated carbocycles. The molecular formula is C18H25N3O3S. The van der Waals surface area contributed by atoms with Crippen LogP contribution in [0.25, 0.3) is 0 Å². The summed E-state index contributed by atoms with van der Waals surface area (Å²) in [5, 5.41) is 5.73. The van der Waals surface area contributed by atoms with Crippen LogP contribution in [-0.2, 0) is 14.4 Å². The van der Waals surface area contributed by atoms with Gasteiger partial charge in [-0.3, -0.25) is 14.4 Å². The summed E-state index contributed by atoms with van der Waals surface area (Å²) in [6.07, 6.45) is 3.17. The predicted octanol–water partition coefficient (Wildman–Crippen LogP) is 1.83. The van der Waals surface area contributed by atoms with Crippen LogP contribution in [-0.4, -0.2) is 35.3 Å². The number of carbonyl (C=O) groups excluding carboxylic acids is 3. The molecule has 0 bridgehead atoms. The van der Waals surface area contributed by atoms with E-state index in [1.165, 1.54) is 11.8 Å². The molecule has 2 unspecified atom stereocenters. The smallest absolute Gasteiger partial charge is 0.234 e. The monoisotopic (exact) mass is 363 g/mol. The molecule has 0 aliphatic heterocycles. The lowest BCUT2D eigenvalue weighted by Gasteiger charge is -2.27. The Labute approximate surface area is 152 Å². The zero-order valence-corrected chi connectivity index (χ0v) is 15.2. The Balaban J connectivity index is 1.65. The first kappa shape index (κ1) is 19.3. The van der Waals surface area contributed by atoms with E-state index in [-0.39, 0.29) is 41.2 Å². The minimum Gasteiger partial charge on any atom is -0.369 e. The number of amides is 3. The van der Waals surface area contributed by atoms with Gasteiger partial charge in [0.2, 0.25) is 17.7 Å². The van der Waals surface area contributed by atoms with Crippen LogP contribution in [0.4, 0.5) is 5.69 Å². The van der Waals surface area contributed by atoms with Crippen LogP contribution in [0.3, 0.4) is 0 Å². The molecule has 4 N–H and O–H groups in total. The Morgan fingerprint density at radius 3 is 2.48 bits per heavy atom. The number of primary amides is 1. The molecule has 1 aliphatic rings. The molecule has 1 fully saturated rings. The minimum absolute atomic E-state index is 0.000680. The molecule has 3 amide bonds. The number of hydrogen-bond acceptors (Lipinski definition) is 4. The molecule has 136 valence electrons. The van der Waals surface area contributed by atoms with Crippen molar-refractivity contribution in [1.82, 2.24) is 5.32 Å². The highest BCUT2D eigenvalue weighted by atomic mass is 32.2.